The van der Waals surface area contributed by atoms with Crippen LogP contribution in [0.1, 0.15) is 23.1 Å². The number of hydrogen-bond donors (Lipinski definition) is 0. The number of benzene rings is 3. The van der Waals surface area contributed by atoms with Gasteiger partial charge < -0.3 is 4.74 Å². The highest BCUT2D eigenvalue weighted by atomic mass is 35.5. The van der Waals surface area contributed by atoms with Gasteiger partial charge in [0.2, 0.25) is 0 Å². The van der Waals surface area contributed by atoms with Crippen LogP contribution in [0.15, 0.2) is 83.8 Å². The minimum atomic E-state index is -0.256. The van der Waals surface area contributed by atoms with Crippen LogP contribution >= 0.6 is 23.4 Å². The number of nitrogens with zero attached hydrogens (tertiary/aromatic N) is 1. The zero-order valence-corrected chi connectivity index (χ0v) is 18.9. The predicted molar refractivity (Wildman–Crippen MR) is 130 cm³/mol. The van der Waals surface area contributed by atoms with Gasteiger partial charge in [0.05, 0.1) is 4.91 Å². The van der Waals surface area contributed by atoms with E-state index in [4.69, 9.17) is 16.3 Å². The van der Waals surface area contributed by atoms with E-state index in [1.165, 1.54) is 10.5 Å². The molecule has 1 aliphatic heterocycles. The first-order chi connectivity index (χ1) is 15.6. The van der Waals surface area contributed by atoms with Crippen LogP contribution in [0.5, 0.6) is 5.75 Å². The molecule has 0 aliphatic carbocycles. The SMILES string of the molecule is O=C1S/C(=C/c2ccccc2OCc2ccccc2Cl)C(=O)N1CCCc1ccccc1. The van der Waals surface area contributed by atoms with E-state index >= 15 is 0 Å². The summed E-state index contributed by atoms with van der Waals surface area (Å²) in [5, 5.41) is 0.408. The van der Waals surface area contributed by atoms with Crippen LogP contribution in [0, 0.1) is 0 Å². The molecule has 4 nitrogen and oxygen atoms in total. The summed E-state index contributed by atoms with van der Waals surface area (Å²) in [6.07, 6.45) is 3.28. The van der Waals surface area contributed by atoms with Gasteiger partial charge in [0.1, 0.15) is 12.4 Å². The molecule has 3 aromatic rings. The summed E-state index contributed by atoms with van der Waals surface area (Å²) < 4.78 is 5.97. The molecule has 0 aromatic heterocycles. The first kappa shape index (κ1) is 22.2. The number of aryl methyl sites for hydroxylation is 1. The molecule has 1 saturated heterocycles. The smallest absolute Gasteiger partial charge is 0.293 e. The summed E-state index contributed by atoms with van der Waals surface area (Å²) in [7, 11) is 0. The summed E-state index contributed by atoms with van der Waals surface area (Å²) in [4.78, 5) is 27.0. The second kappa shape index (κ2) is 10.5. The van der Waals surface area contributed by atoms with Gasteiger partial charge in [-0.15, -0.1) is 0 Å². The molecule has 162 valence electrons. The van der Waals surface area contributed by atoms with Gasteiger partial charge in [0.15, 0.2) is 0 Å². The Labute approximate surface area is 196 Å². The van der Waals surface area contributed by atoms with E-state index in [1.54, 1.807) is 6.08 Å². The lowest BCUT2D eigenvalue weighted by Crippen LogP contribution is -2.29. The van der Waals surface area contributed by atoms with E-state index in [-0.39, 0.29) is 11.1 Å². The number of halogens is 1. The third-order valence-corrected chi connectivity index (χ3v) is 6.39. The lowest BCUT2D eigenvalue weighted by molar-refractivity contribution is -0.122. The number of para-hydroxylation sites is 1. The quantitative estimate of drug-likeness (QED) is 0.353. The van der Waals surface area contributed by atoms with Crippen LogP contribution in [0.4, 0.5) is 4.79 Å². The van der Waals surface area contributed by atoms with Crippen molar-refractivity contribution in [1.82, 2.24) is 4.90 Å². The topological polar surface area (TPSA) is 46.6 Å². The Morgan fingerprint density at radius 1 is 0.906 bits per heavy atom. The number of carbonyl (C=O) groups is 2. The molecule has 32 heavy (non-hydrogen) atoms. The Morgan fingerprint density at radius 2 is 1.62 bits per heavy atom. The monoisotopic (exact) mass is 463 g/mol. The number of ether oxygens (including phenoxy) is 1. The largest absolute Gasteiger partial charge is 0.488 e. The standard InChI is InChI=1S/C26H22ClNO3S/c27-22-14-6-4-13-21(22)18-31-23-15-7-5-12-20(23)17-24-25(29)28(26(30)32-24)16-8-11-19-9-2-1-3-10-19/h1-7,9-10,12-15,17H,8,11,16,18H2/b24-17+. The molecule has 1 aliphatic rings. The van der Waals surface area contributed by atoms with Gasteiger partial charge in [-0.1, -0.05) is 78.3 Å². The normalized spacial score (nSPS) is 14.9. The molecular formula is C26H22ClNO3S. The first-order valence-corrected chi connectivity index (χ1v) is 11.6. The highest BCUT2D eigenvalue weighted by molar-refractivity contribution is 8.18. The average Bonchev–Trinajstić information content (AvgIpc) is 3.07. The van der Waals surface area contributed by atoms with Crippen molar-refractivity contribution in [3.8, 4) is 5.75 Å². The summed E-state index contributed by atoms with van der Waals surface area (Å²) >= 11 is 7.19. The molecule has 6 heteroatoms. The maximum Gasteiger partial charge on any atom is 0.293 e. The lowest BCUT2D eigenvalue weighted by atomic mass is 10.1. The van der Waals surface area contributed by atoms with Crippen molar-refractivity contribution in [1.29, 1.82) is 0 Å². The second-order valence-corrected chi connectivity index (χ2v) is 8.74. The highest BCUT2D eigenvalue weighted by Gasteiger charge is 2.34. The van der Waals surface area contributed by atoms with Crippen LogP contribution in [-0.2, 0) is 17.8 Å². The van der Waals surface area contributed by atoms with E-state index < -0.39 is 0 Å². The molecule has 2 amide bonds. The summed E-state index contributed by atoms with van der Waals surface area (Å²) in [5.41, 5.74) is 2.82. The van der Waals surface area contributed by atoms with Crippen LogP contribution in [0.2, 0.25) is 5.02 Å². The number of hydrogen-bond acceptors (Lipinski definition) is 4. The average molecular weight is 464 g/mol. The molecule has 0 unspecified atom stereocenters. The van der Waals surface area contributed by atoms with Crippen LogP contribution in [0.3, 0.4) is 0 Å². The van der Waals surface area contributed by atoms with Crippen molar-refractivity contribution in [2.75, 3.05) is 6.54 Å². The van der Waals surface area contributed by atoms with E-state index in [9.17, 15) is 9.59 Å². The van der Waals surface area contributed by atoms with Gasteiger partial charge in [-0.25, -0.2) is 0 Å². The van der Waals surface area contributed by atoms with Crippen molar-refractivity contribution in [2.24, 2.45) is 0 Å². The van der Waals surface area contributed by atoms with Crippen molar-refractivity contribution in [3.63, 3.8) is 0 Å². The van der Waals surface area contributed by atoms with Crippen molar-refractivity contribution < 1.29 is 14.3 Å². The van der Waals surface area contributed by atoms with Gasteiger partial charge >= 0.3 is 0 Å². The fraction of sp³-hybridized carbons (Fsp3) is 0.154. The number of thioether (sulfide) groups is 1. The first-order valence-electron chi connectivity index (χ1n) is 10.4. The molecule has 3 aromatic carbocycles. The molecule has 0 spiro atoms. The third kappa shape index (κ3) is 5.42. The zero-order valence-electron chi connectivity index (χ0n) is 17.4. The Kier molecular flexibility index (Phi) is 7.30. The van der Waals surface area contributed by atoms with E-state index in [0.717, 1.165) is 35.7 Å². The minimum absolute atomic E-state index is 0.233. The Hall–Kier alpha value is -3.02. The fourth-order valence-electron chi connectivity index (χ4n) is 3.42. The third-order valence-electron chi connectivity index (χ3n) is 5.11. The Balaban J connectivity index is 1.43. The molecule has 1 fully saturated rings. The van der Waals surface area contributed by atoms with Gasteiger partial charge in [-0.3, -0.25) is 14.5 Å². The van der Waals surface area contributed by atoms with Crippen molar-refractivity contribution >= 4 is 40.6 Å². The molecule has 0 saturated carbocycles. The Morgan fingerprint density at radius 3 is 2.44 bits per heavy atom. The molecule has 0 radical (unpaired) electrons. The van der Waals surface area contributed by atoms with E-state index in [1.807, 2.05) is 78.9 Å². The van der Waals surface area contributed by atoms with Crippen LogP contribution < -0.4 is 4.74 Å². The van der Waals surface area contributed by atoms with E-state index in [0.29, 0.717) is 28.8 Å². The minimum Gasteiger partial charge on any atom is -0.488 e. The number of amides is 2. The molecule has 0 bridgehead atoms. The Bertz CT molecular complexity index is 1150. The van der Waals surface area contributed by atoms with Gasteiger partial charge in [0.25, 0.3) is 11.1 Å². The van der Waals surface area contributed by atoms with Gasteiger partial charge in [-0.2, -0.15) is 0 Å². The molecule has 1 heterocycles. The van der Waals surface area contributed by atoms with Crippen molar-refractivity contribution in [3.05, 3.63) is 105 Å². The number of carbonyl (C=O) groups excluding carboxylic acids is 2. The summed E-state index contributed by atoms with van der Waals surface area (Å²) in [5.74, 6) is 0.372. The lowest BCUT2D eigenvalue weighted by Gasteiger charge is -2.12. The summed E-state index contributed by atoms with van der Waals surface area (Å²) in [6.45, 7) is 0.715. The maximum absolute atomic E-state index is 12.9. The maximum atomic E-state index is 12.9. The fourth-order valence-corrected chi connectivity index (χ4v) is 4.47. The molecule has 0 N–H and O–H groups in total. The molecule has 4 rings (SSSR count). The predicted octanol–water partition coefficient (Wildman–Crippen LogP) is 6.59. The van der Waals surface area contributed by atoms with E-state index in [2.05, 4.69) is 0 Å². The van der Waals surface area contributed by atoms with Crippen LogP contribution in [0.25, 0.3) is 6.08 Å². The van der Waals surface area contributed by atoms with Gasteiger partial charge in [0, 0.05) is 22.7 Å². The molecular weight excluding hydrogens is 442 g/mol. The van der Waals surface area contributed by atoms with Gasteiger partial charge in [-0.05, 0) is 48.4 Å². The van der Waals surface area contributed by atoms with Crippen LogP contribution in [-0.4, -0.2) is 22.6 Å². The number of imide groups is 1. The summed E-state index contributed by atoms with van der Waals surface area (Å²) in [6, 6.07) is 25.0. The number of rotatable bonds is 8. The zero-order chi connectivity index (χ0) is 22.3. The molecule has 0 atom stereocenters. The van der Waals surface area contributed by atoms with Crippen molar-refractivity contribution in [2.45, 2.75) is 19.4 Å². The second-order valence-electron chi connectivity index (χ2n) is 7.34. The highest BCUT2D eigenvalue weighted by Crippen LogP contribution is 2.34.